The molecule has 3 heterocycles. The van der Waals surface area contributed by atoms with Crippen molar-refractivity contribution < 1.29 is 4.74 Å². The Hall–Kier alpha value is -3.03. The van der Waals surface area contributed by atoms with Crippen LogP contribution in [0.5, 0.6) is 0 Å². The molecular weight excluding hydrogens is 390 g/mol. The first-order chi connectivity index (χ1) is 14.4. The summed E-state index contributed by atoms with van der Waals surface area (Å²) in [4.78, 5) is 9.31. The molecule has 0 bridgehead atoms. The summed E-state index contributed by atoms with van der Waals surface area (Å²) in [6.07, 6.45) is 5.44. The number of nitrogens with one attached hydrogen (secondary N) is 1. The third-order valence-electron chi connectivity index (χ3n) is 4.95. The molecule has 0 amide bonds. The molecule has 0 saturated carbocycles. The van der Waals surface area contributed by atoms with Gasteiger partial charge in [0.2, 0.25) is 0 Å². The highest BCUT2D eigenvalue weighted by atomic mass is 28.3. The fraction of sp³-hybridized carbons (Fsp3) is 0.261. The van der Waals surface area contributed by atoms with Crippen LogP contribution in [0.4, 0.5) is 5.82 Å². The summed E-state index contributed by atoms with van der Waals surface area (Å²) in [5.74, 6) is 0.822. The SMILES string of the molecule is C=Cc1cc(NCOCC[Si](C)(C)C)n2ncc(-c3cnc4ccccc4c3)c2n1. The van der Waals surface area contributed by atoms with Crippen LogP contribution >= 0.6 is 0 Å². The van der Waals surface area contributed by atoms with Gasteiger partial charge < -0.3 is 10.1 Å². The van der Waals surface area contributed by atoms with Crippen LogP contribution < -0.4 is 5.32 Å². The standard InChI is InChI=1S/C23H27N5OSi/c1-5-19-13-22(25-16-29-10-11-30(2,3)4)28-23(27-19)20(15-26-28)18-12-17-8-6-7-9-21(17)24-14-18/h5-9,12-15,25H,1,10-11,16H2,2-4H3. The van der Waals surface area contributed by atoms with E-state index in [2.05, 4.69) is 53.8 Å². The minimum Gasteiger partial charge on any atom is -0.362 e. The number of rotatable bonds is 8. The Balaban J connectivity index is 1.63. The van der Waals surface area contributed by atoms with E-state index in [0.717, 1.165) is 51.8 Å². The van der Waals surface area contributed by atoms with E-state index in [4.69, 9.17) is 9.72 Å². The molecule has 0 saturated heterocycles. The summed E-state index contributed by atoms with van der Waals surface area (Å²) in [6.45, 7) is 12.1. The second-order valence-corrected chi connectivity index (χ2v) is 14.1. The van der Waals surface area contributed by atoms with Crippen LogP contribution in [0.3, 0.4) is 0 Å². The van der Waals surface area contributed by atoms with Crippen molar-refractivity contribution in [2.45, 2.75) is 25.7 Å². The fourth-order valence-electron chi connectivity index (χ4n) is 3.21. The minimum atomic E-state index is -1.10. The van der Waals surface area contributed by atoms with E-state index in [1.54, 1.807) is 10.6 Å². The Morgan fingerprint density at radius 1 is 1.17 bits per heavy atom. The van der Waals surface area contributed by atoms with Crippen molar-refractivity contribution in [1.82, 2.24) is 19.6 Å². The molecule has 4 rings (SSSR count). The highest BCUT2D eigenvalue weighted by Gasteiger charge is 2.14. The van der Waals surface area contributed by atoms with E-state index in [-0.39, 0.29) is 0 Å². The van der Waals surface area contributed by atoms with E-state index < -0.39 is 8.07 Å². The molecule has 0 aliphatic heterocycles. The van der Waals surface area contributed by atoms with Gasteiger partial charge in [0.1, 0.15) is 12.5 Å². The van der Waals surface area contributed by atoms with Gasteiger partial charge in [-0.1, -0.05) is 44.4 Å². The molecule has 0 radical (unpaired) electrons. The van der Waals surface area contributed by atoms with E-state index >= 15 is 0 Å². The maximum absolute atomic E-state index is 5.80. The molecule has 0 aliphatic rings. The average Bonchev–Trinajstić information content (AvgIpc) is 3.16. The summed E-state index contributed by atoms with van der Waals surface area (Å²) in [5.41, 5.74) is 4.42. The highest BCUT2D eigenvalue weighted by Crippen LogP contribution is 2.27. The first kappa shape index (κ1) is 20.2. The van der Waals surface area contributed by atoms with Crippen LogP contribution in [0.15, 0.2) is 55.4 Å². The third kappa shape index (κ3) is 4.42. The van der Waals surface area contributed by atoms with Crippen LogP contribution in [0.2, 0.25) is 25.7 Å². The van der Waals surface area contributed by atoms with Gasteiger partial charge in [0, 0.05) is 43.5 Å². The number of ether oxygens (including phenoxy) is 1. The van der Waals surface area contributed by atoms with Crippen molar-refractivity contribution in [2.75, 3.05) is 18.7 Å². The van der Waals surface area contributed by atoms with Crippen LogP contribution in [0, 0.1) is 0 Å². The van der Waals surface area contributed by atoms with Crippen molar-refractivity contribution in [3.05, 3.63) is 61.1 Å². The van der Waals surface area contributed by atoms with Gasteiger partial charge in [0.05, 0.1) is 17.4 Å². The molecule has 6 nitrogen and oxygen atoms in total. The van der Waals surface area contributed by atoms with Gasteiger partial charge in [-0.2, -0.15) is 9.61 Å². The molecule has 0 atom stereocenters. The number of aromatic nitrogens is 4. The molecule has 0 fully saturated rings. The number of hydrogen-bond donors (Lipinski definition) is 1. The molecule has 0 aliphatic carbocycles. The summed E-state index contributed by atoms with van der Waals surface area (Å²) < 4.78 is 7.61. The Morgan fingerprint density at radius 2 is 2.00 bits per heavy atom. The largest absolute Gasteiger partial charge is 0.362 e. The van der Waals surface area contributed by atoms with E-state index in [1.165, 1.54) is 0 Å². The van der Waals surface area contributed by atoms with Crippen molar-refractivity contribution in [2.24, 2.45) is 0 Å². The Morgan fingerprint density at radius 3 is 2.80 bits per heavy atom. The molecule has 1 aromatic carbocycles. The van der Waals surface area contributed by atoms with Gasteiger partial charge in [-0.05, 0) is 24.3 Å². The van der Waals surface area contributed by atoms with Crippen molar-refractivity contribution in [3.63, 3.8) is 0 Å². The van der Waals surface area contributed by atoms with Gasteiger partial charge in [0.25, 0.3) is 0 Å². The van der Waals surface area contributed by atoms with Crippen LogP contribution in [-0.4, -0.2) is 41.0 Å². The monoisotopic (exact) mass is 417 g/mol. The predicted molar refractivity (Wildman–Crippen MR) is 126 cm³/mol. The zero-order valence-corrected chi connectivity index (χ0v) is 18.7. The van der Waals surface area contributed by atoms with Crippen molar-refractivity contribution in [3.8, 4) is 11.1 Å². The van der Waals surface area contributed by atoms with Gasteiger partial charge in [0.15, 0.2) is 5.65 Å². The third-order valence-corrected chi connectivity index (χ3v) is 6.66. The zero-order chi connectivity index (χ0) is 21.1. The topological polar surface area (TPSA) is 64.3 Å². The first-order valence-electron chi connectivity index (χ1n) is 10.1. The van der Waals surface area contributed by atoms with Crippen molar-refractivity contribution >= 4 is 36.5 Å². The molecular formula is C23H27N5OSi. The number of nitrogens with zero attached hydrogens (tertiary/aromatic N) is 4. The van der Waals surface area contributed by atoms with Gasteiger partial charge in [-0.15, -0.1) is 0 Å². The highest BCUT2D eigenvalue weighted by molar-refractivity contribution is 6.76. The quantitative estimate of drug-likeness (QED) is 0.239. The maximum Gasteiger partial charge on any atom is 0.165 e. The number of hydrogen-bond acceptors (Lipinski definition) is 5. The number of benzene rings is 1. The van der Waals surface area contributed by atoms with E-state index in [0.29, 0.717) is 6.73 Å². The molecule has 3 aromatic heterocycles. The zero-order valence-electron chi connectivity index (χ0n) is 17.7. The van der Waals surface area contributed by atoms with Crippen LogP contribution in [0.25, 0.3) is 33.8 Å². The Kier molecular flexibility index (Phi) is 5.65. The lowest BCUT2D eigenvalue weighted by atomic mass is 10.1. The molecule has 7 heteroatoms. The Labute approximate surface area is 177 Å². The fourth-order valence-corrected chi connectivity index (χ4v) is 3.97. The lowest BCUT2D eigenvalue weighted by molar-refractivity contribution is 0.165. The van der Waals surface area contributed by atoms with Gasteiger partial charge >= 0.3 is 0 Å². The van der Waals surface area contributed by atoms with Gasteiger partial charge in [-0.25, -0.2) is 4.98 Å². The van der Waals surface area contributed by atoms with E-state index in [1.807, 2.05) is 36.7 Å². The lowest BCUT2D eigenvalue weighted by Crippen LogP contribution is -2.22. The molecule has 1 N–H and O–H groups in total. The normalized spacial score (nSPS) is 11.8. The predicted octanol–water partition coefficient (Wildman–Crippen LogP) is 5.31. The van der Waals surface area contributed by atoms with Crippen LogP contribution in [-0.2, 0) is 4.74 Å². The minimum absolute atomic E-state index is 0.424. The number of para-hydroxylation sites is 1. The number of pyridine rings is 1. The number of fused-ring (bicyclic) bond motifs is 2. The lowest BCUT2D eigenvalue weighted by Gasteiger charge is -2.16. The smallest absolute Gasteiger partial charge is 0.165 e. The summed E-state index contributed by atoms with van der Waals surface area (Å²) in [5, 5.41) is 8.99. The summed E-state index contributed by atoms with van der Waals surface area (Å²) >= 11 is 0. The van der Waals surface area contributed by atoms with E-state index in [9.17, 15) is 0 Å². The summed E-state index contributed by atoms with van der Waals surface area (Å²) in [7, 11) is -1.10. The molecule has 0 spiro atoms. The maximum atomic E-state index is 5.80. The molecule has 4 aromatic rings. The van der Waals surface area contributed by atoms with Crippen LogP contribution in [0.1, 0.15) is 5.69 Å². The average molecular weight is 418 g/mol. The second-order valence-electron chi connectivity index (χ2n) is 8.52. The summed E-state index contributed by atoms with van der Waals surface area (Å²) in [6, 6.07) is 13.3. The molecule has 154 valence electrons. The molecule has 0 unspecified atom stereocenters. The Bertz CT molecular complexity index is 1200. The second kappa shape index (κ2) is 8.37. The van der Waals surface area contributed by atoms with Gasteiger partial charge in [-0.3, -0.25) is 4.98 Å². The molecule has 30 heavy (non-hydrogen) atoms. The number of anilines is 1. The van der Waals surface area contributed by atoms with Crippen molar-refractivity contribution in [1.29, 1.82) is 0 Å². The first-order valence-corrected chi connectivity index (χ1v) is 13.8.